The van der Waals surface area contributed by atoms with Crippen molar-refractivity contribution in [1.29, 1.82) is 0 Å². The molecule has 1 aliphatic heterocycles. The largest absolute Gasteiger partial charge is 0.409 e. The Morgan fingerprint density at radius 1 is 1.50 bits per heavy atom. The van der Waals surface area contributed by atoms with Gasteiger partial charge in [-0.1, -0.05) is 5.16 Å². The summed E-state index contributed by atoms with van der Waals surface area (Å²) in [5, 5.41) is 11.7. The van der Waals surface area contributed by atoms with Crippen molar-refractivity contribution in [3.8, 4) is 0 Å². The fourth-order valence-electron chi connectivity index (χ4n) is 2.17. The van der Waals surface area contributed by atoms with Crippen LogP contribution >= 0.6 is 0 Å². The second kappa shape index (κ2) is 5.22. The van der Waals surface area contributed by atoms with Crippen LogP contribution in [0.1, 0.15) is 19.4 Å². The van der Waals surface area contributed by atoms with E-state index in [1.165, 1.54) is 0 Å². The average Bonchev–Trinajstić information content (AvgIpc) is 2.37. The first kappa shape index (κ1) is 12.6. The van der Waals surface area contributed by atoms with E-state index in [1.54, 1.807) is 12.3 Å². The highest BCUT2D eigenvalue weighted by Gasteiger charge is 2.23. The molecule has 0 unspecified atom stereocenters. The fourth-order valence-corrected chi connectivity index (χ4v) is 2.17. The first-order valence-corrected chi connectivity index (χ1v) is 5.94. The van der Waals surface area contributed by atoms with Crippen molar-refractivity contribution >= 4 is 11.7 Å². The Morgan fingerprint density at radius 2 is 2.17 bits per heavy atom. The van der Waals surface area contributed by atoms with Gasteiger partial charge in [-0.15, -0.1) is 0 Å². The van der Waals surface area contributed by atoms with Crippen LogP contribution in [0.5, 0.6) is 0 Å². The zero-order chi connectivity index (χ0) is 13.1. The molecule has 0 bridgehead atoms. The minimum absolute atomic E-state index is 0.0907. The highest BCUT2D eigenvalue weighted by molar-refractivity contribution is 5.97. The monoisotopic (exact) mass is 250 g/mol. The molecule has 0 radical (unpaired) electrons. The summed E-state index contributed by atoms with van der Waals surface area (Å²) in [5.74, 6) is 0.911. The quantitative estimate of drug-likeness (QED) is 0.351. The van der Waals surface area contributed by atoms with Crippen LogP contribution in [-0.2, 0) is 4.74 Å². The van der Waals surface area contributed by atoms with Gasteiger partial charge in [0.25, 0.3) is 0 Å². The highest BCUT2D eigenvalue weighted by Crippen LogP contribution is 2.19. The average molecular weight is 250 g/mol. The number of morpholine rings is 1. The third-order valence-electron chi connectivity index (χ3n) is 2.89. The van der Waals surface area contributed by atoms with E-state index in [1.807, 2.05) is 19.9 Å². The first-order valence-electron chi connectivity index (χ1n) is 5.94. The van der Waals surface area contributed by atoms with Crippen LogP contribution in [0.3, 0.4) is 0 Å². The minimum atomic E-state index is 0.0907. The maximum absolute atomic E-state index is 8.68. The second-order valence-corrected chi connectivity index (χ2v) is 4.55. The van der Waals surface area contributed by atoms with Gasteiger partial charge in [0.2, 0.25) is 0 Å². The summed E-state index contributed by atoms with van der Waals surface area (Å²) in [5.41, 5.74) is 6.24. The molecule has 0 aromatic carbocycles. The molecule has 18 heavy (non-hydrogen) atoms. The topological polar surface area (TPSA) is 84.0 Å². The maximum atomic E-state index is 8.68. The van der Waals surface area contributed by atoms with Crippen molar-refractivity contribution in [3.05, 3.63) is 23.9 Å². The Balaban J connectivity index is 2.22. The summed E-state index contributed by atoms with van der Waals surface area (Å²) in [6.45, 7) is 5.65. The molecule has 6 heteroatoms. The lowest BCUT2D eigenvalue weighted by Gasteiger charge is -2.36. The highest BCUT2D eigenvalue weighted by atomic mass is 16.5. The van der Waals surface area contributed by atoms with Crippen LogP contribution in [0.25, 0.3) is 0 Å². The van der Waals surface area contributed by atoms with Crippen molar-refractivity contribution < 1.29 is 9.94 Å². The standard InChI is InChI=1S/C12H18N4O2/c1-8-6-16(7-9(2)18-8)11-5-10(3-4-14-11)12(13)15-17/h3-5,8-9,17H,6-7H2,1-2H3,(H2,13,15)/t8-,9+. The Bertz CT molecular complexity index is 439. The van der Waals surface area contributed by atoms with Crippen molar-refractivity contribution in [3.63, 3.8) is 0 Å². The Hall–Kier alpha value is -1.82. The van der Waals surface area contributed by atoms with Crippen molar-refractivity contribution in [1.82, 2.24) is 4.98 Å². The number of amidine groups is 1. The van der Waals surface area contributed by atoms with E-state index in [-0.39, 0.29) is 18.0 Å². The second-order valence-electron chi connectivity index (χ2n) is 4.55. The molecule has 0 spiro atoms. The number of hydrogen-bond acceptors (Lipinski definition) is 5. The van der Waals surface area contributed by atoms with Gasteiger partial charge in [0.05, 0.1) is 12.2 Å². The van der Waals surface area contributed by atoms with Crippen molar-refractivity contribution in [2.24, 2.45) is 10.9 Å². The summed E-state index contributed by atoms with van der Waals surface area (Å²) in [4.78, 5) is 6.47. The lowest BCUT2D eigenvalue weighted by Crippen LogP contribution is -2.45. The van der Waals surface area contributed by atoms with Crippen LogP contribution < -0.4 is 10.6 Å². The summed E-state index contributed by atoms with van der Waals surface area (Å²) < 4.78 is 5.68. The van der Waals surface area contributed by atoms with Crippen molar-refractivity contribution in [2.45, 2.75) is 26.1 Å². The Morgan fingerprint density at radius 3 is 2.78 bits per heavy atom. The SMILES string of the molecule is C[C@@H]1CN(c2cc(/C(N)=N/O)ccn2)C[C@H](C)O1. The number of aromatic nitrogens is 1. The smallest absolute Gasteiger partial charge is 0.170 e. The van der Waals surface area contributed by atoms with Gasteiger partial charge in [0, 0.05) is 24.8 Å². The number of nitrogens with two attached hydrogens (primary N) is 1. The van der Waals surface area contributed by atoms with Gasteiger partial charge in [-0.3, -0.25) is 0 Å². The molecule has 1 aromatic rings. The number of ether oxygens (including phenoxy) is 1. The minimum Gasteiger partial charge on any atom is -0.409 e. The van der Waals surface area contributed by atoms with Crippen LogP contribution in [0.15, 0.2) is 23.5 Å². The van der Waals surface area contributed by atoms with Gasteiger partial charge in [0.15, 0.2) is 5.84 Å². The molecule has 0 aliphatic carbocycles. The molecule has 1 aromatic heterocycles. The molecule has 1 saturated heterocycles. The van der Waals surface area contributed by atoms with Gasteiger partial charge < -0.3 is 20.6 Å². The molecule has 1 aliphatic rings. The molecule has 3 N–H and O–H groups in total. The molecular formula is C12H18N4O2. The van der Waals surface area contributed by atoms with E-state index >= 15 is 0 Å². The third kappa shape index (κ3) is 2.70. The van der Waals surface area contributed by atoms with Crippen molar-refractivity contribution in [2.75, 3.05) is 18.0 Å². The molecule has 2 atom stereocenters. The predicted octanol–water partition coefficient (Wildman–Crippen LogP) is 0.790. The number of anilines is 1. The van der Waals surface area contributed by atoms with Crippen LogP contribution in [0.2, 0.25) is 0 Å². The lowest BCUT2D eigenvalue weighted by molar-refractivity contribution is -0.00545. The molecule has 1 fully saturated rings. The number of nitrogens with zero attached hydrogens (tertiary/aromatic N) is 3. The summed E-state index contributed by atoms with van der Waals surface area (Å²) in [7, 11) is 0. The Kier molecular flexibility index (Phi) is 3.66. The molecule has 0 amide bonds. The van der Waals surface area contributed by atoms with E-state index in [0.29, 0.717) is 5.56 Å². The Labute approximate surface area is 106 Å². The van der Waals surface area contributed by atoms with Crippen LogP contribution in [0, 0.1) is 0 Å². The maximum Gasteiger partial charge on any atom is 0.170 e. The van der Waals surface area contributed by atoms with Gasteiger partial charge in [-0.2, -0.15) is 0 Å². The number of rotatable bonds is 2. The number of pyridine rings is 1. The van der Waals surface area contributed by atoms with Gasteiger partial charge >= 0.3 is 0 Å². The zero-order valence-electron chi connectivity index (χ0n) is 10.6. The molecule has 98 valence electrons. The van der Waals surface area contributed by atoms with E-state index in [2.05, 4.69) is 15.0 Å². The van der Waals surface area contributed by atoms with Gasteiger partial charge in [-0.05, 0) is 26.0 Å². The van der Waals surface area contributed by atoms with Crippen LogP contribution in [-0.4, -0.2) is 41.3 Å². The van der Waals surface area contributed by atoms with E-state index in [9.17, 15) is 0 Å². The molecular weight excluding hydrogens is 232 g/mol. The van der Waals surface area contributed by atoms with Gasteiger partial charge in [-0.25, -0.2) is 4.98 Å². The van der Waals surface area contributed by atoms with Crippen LogP contribution in [0.4, 0.5) is 5.82 Å². The molecule has 6 nitrogen and oxygen atoms in total. The van der Waals surface area contributed by atoms with Gasteiger partial charge in [0.1, 0.15) is 5.82 Å². The third-order valence-corrected chi connectivity index (χ3v) is 2.89. The van der Waals surface area contributed by atoms with E-state index in [4.69, 9.17) is 15.7 Å². The van der Waals surface area contributed by atoms with E-state index < -0.39 is 0 Å². The van der Waals surface area contributed by atoms with E-state index in [0.717, 1.165) is 18.9 Å². The number of oxime groups is 1. The molecule has 2 rings (SSSR count). The summed E-state index contributed by atoms with van der Waals surface area (Å²) in [6, 6.07) is 3.53. The summed E-state index contributed by atoms with van der Waals surface area (Å²) >= 11 is 0. The normalized spacial score (nSPS) is 25.2. The lowest BCUT2D eigenvalue weighted by atomic mass is 10.2. The first-order chi connectivity index (χ1) is 8.60. The summed E-state index contributed by atoms with van der Waals surface area (Å²) in [6.07, 6.45) is 2.00. The molecule has 2 heterocycles. The molecule has 0 saturated carbocycles. The fraction of sp³-hybridized carbons (Fsp3) is 0.500. The zero-order valence-corrected chi connectivity index (χ0v) is 10.6. The predicted molar refractivity (Wildman–Crippen MR) is 69.0 cm³/mol. The number of hydrogen-bond donors (Lipinski definition) is 2.